The standard InChI is InChI=1S/C19H15Cl2N5S/c20-13-8-14(21)10-15(9-13)27-19-25-16-17(22)23-11-24-18(16)26(19)7-6-12-4-2-1-3-5-12/h1-5,8-11H,6-7H2,(H2,22,23,24). The molecule has 2 aromatic heterocycles. The number of nitrogen functional groups attached to an aromatic ring is 1. The first-order valence-corrected chi connectivity index (χ1v) is 9.82. The number of aryl methyl sites for hydroxylation is 2. The summed E-state index contributed by atoms with van der Waals surface area (Å²) in [6.07, 6.45) is 2.31. The molecular weight excluding hydrogens is 401 g/mol. The summed E-state index contributed by atoms with van der Waals surface area (Å²) in [5, 5.41) is 1.93. The van der Waals surface area contributed by atoms with Crippen LogP contribution in [0.3, 0.4) is 0 Å². The maximum Gasteiger partial charge on any atom is 0.175 e. The molecule has 0 fully saturated rings. The Bertz CT molecular complexity index is 1080. The molecule has 136 valence electrons. The Morgan fingerprint density at radius 3 is 2.48 bits per heavy atom. The highest BCUT2D eigenvalue weighted by Crippen LogP contribution is 2.34. The van der Waals surface area contributed by atoms with Crippen molar-refractivity contribution in [2.24, 2.45) is 0 Å². The summed E-state index contributed by atoms with van der Waals surface area (Å²) >= 11 is 13.7. The molecule has 0 radical (unpaired) electrons. The lowest BCUT2D eigenvalue weighted by atomic mass is 10.1. The average Bonchev–Trinajstić information content (AvgIpc) is 2.98. The lowest BCUT2D eigenvalue weighted by Crippen LogP contribution is -2.04. The molecule has 0 aliphatic carbocycles. The van der Waals surface area contributed by atoms with E-state index in [1.54, 1.807) is 6.07 Å². The average molecular weight is 416 g/mol. The van der Waals surface area contributed by atoms with Crippen LogP contribution < -0.4 is 5.73 Å². The van der Waals surface area contributed by atoms with Crippen molar-refractivity contribution in [3.63, 3.8) is 0 Å². The minimum atomic E-state index is 0.365. The van der Waals surface area contributed by atoms with Crippen LogP contribution in [0.15, 0.2) is 64.9 Å². The van der Waals surface area contributed by atoms with Gasteiger partial charge < -0.3 is 10.3 Å². The fourth-order valence-electron chi connectivity index (χ4n) is 2.79. The molecule has 0 spiro atoms. The monoisotopic (exact) mass is 415 g/mol. The van der Waals surface area contributed by atoms with Crippen LogP contribution in [0, 0.1) is 0 Å². The largest absolute Gasteiger partial charge is 0.382 e. The number of halogens is 2. The summed E-state index contributed by atoms with van der Waals surface area (Å²) in [6.45, 7) is 0.716. The van der Waals surface area contributed by atoms with E-state index in [9.17, 15) is 0 Å². The highest BCUT2D eigenvalue weighted by molar-refractivity contribution is 7.99. The summed E-state index contributed by atoms with van der Waals surface area (Å²) in [5.74, 6) is 0.365. The Hall–Kier alpha value is -2.28. The maximum atomic E-state index is 6.13. The van der Waals surface area contributed by atoms with Gasteiger partial charge in [-0.25, -0.2) is 15.0 Å². The highest BCUT2D eigenvalue weighted by Gasteiger charge is 2.16. The van der Waals surface area contributed by atoms with Crippen molar-refractivity contribution in [1.29, 1.82) is 0 Å². The number of hydrogen-bond donors (Lipinski definition) is 1. The van der Waals surface area contributed by atoms with Gasteiger partial charge in [0.05, 0.1) is 0 Å². The SMILES string of the molecule is Nc1ncnc2c1nc(Sc1cc(Cl)cc(Cl)c1)n2CCc1ccccc1. The maximum absolute atomic E-state index is 6.13. The van der Waals surface area contributed by atoms with Crippen LogP contribution in [0.4, 0.5) is 5.82 Å². The van der Waals surface area contributed by atoms with Gasteiger partial charge in [-0.1, -0.05) is 65.3 Å². The van der Waals surface area contributed by atoms with Crippen molar-refractivity contribution in [3.05, 3.63) is 70.5 Å². The Balaban J connectivity index is 1.73. The van der Waals surface area contributed by atoms with Crippen molar-refractivity contribution in [2.45, 2.75) is 23.0 Å². The number of anilines is 1. The van der Waals surface area contributed by atoms with E-state index in [-0.39, 0.29) is 0 Å². The summed E-state index contributed by atoms with van der Waals surface area (Å²) < 4.78 is 2.06. The van der Waals surface area contributed by atoms with Crippen LogP contribution in [-0.2, 0) is 13.0 Å². The first-order chi connectivity index (χ1) is 13.1. The van der Waals surface area contributed by atoms with Crippen LogP contribution >= 0.6 is 35.0 Å². The molecule has 2 aromatic carbocycles. The van der Waals surface area contributed by atoms with Crippen LogP contribution in [0.2, 0.25) is 10.0 Å². The Labute approximate surface area is 170 Å². The molecule has 0 aliphatic rings. The molecule has 0 bridgehead atoms. The number of hydrogen-bond acceptors (Lipinski definition) is 5. The van der Waals surface area contributed by atoms with Gasteiger partial charge in [-0.2, -0.15) is 0 Å². The third-order valence-electron chi connectivity index (χ3n) is 4.04. The Kier molecular flexibility index (Phi) is 5.20. The zero-order chi connectivity index (χ0) is 18.8. The minimum Gasteiger partial charge on any atom is -0.382 e. The third-order valence-corrected chi connectivity index (χ3v) is 5.44. The van der Waals surface area contributed by atoms with Crippen molar-refractivity contribution in [3.8, 4) is 0 Å². The molecule has 2 heterocycles. The minimum absolute atomic E-state index is 0.365. The zero-order valence-corrected chi connectivity index (χ0v) is 16.5. The molecule has 2 N–H and O–H groups in total. The smallest absolute Gasteiger partial charge is 0.175 e. The lowest BCUT2D eigenvalue weighted by molar-refractivity contribution is 0.647. The summed E-state index contributed by atoms with van der Waals surface area (Å²) in [5.41, 5.74) is 8.56. The van der Waals surface area contributed by atoms with Gasteiger partial charge in [0.1, 0.15) is 6.33 Å². The van der Waals surface area contributed by atoms with Crippen LogP contribution in [0.1, 0.15) is 5.56 Å². The van der Waals surface area contributed by atoms with Gasteiger partial charge in [-0.15, -0.1) is 0 Å². The summed E-state index contributed by atoms with van der Waals surface area (Å²) in [7, 11) is 0. The lowest BCUT2D eigenvalue weighted by Gasteiger charge is -2.09. The normalized spacial score (nSPS) is 11.2. The molecule has 0 aliphatic heterocycles. The van der Waals surface area contributed by atoms with E-state index in [0.29, 0.717) is 33.6 Å². The van der Waals surface area contributed by atoms with E-state index in [0.717, 1.165) is 16.5 Å². The second-order valence-electron chi connectivity index (χ2n) is 5.92. The molecule has 27 heavy (non-hydrogen) atoms. The van der Waals surface area contributed by atoms with Crippen molar-refractivity contribution in [2.75, 3.05) is 5.73 Å². The van der Waals surface area contributed by atoms with Crippen LogP contribution in [0.25, 0.3) is 11.2 Å². The summed E-state index contributed by atoms with van der Waals surface area (Å²) in [4.78, 5) is 14.0. The van der Waals surface area contributed by atoms with E-state index >= 15 is 0 Å². The first kappa shape index (κ1) is 18.1. The topological polar surface area (TPSA) is 69.6 Å². The van der Waals surface area contributed by atoms with E-state index < -0.39 is 0 Å². The number of benzene rings is 2. The molecule has 0 saturated carbocycles. The fraction of sp³-hybridized carbons (Fsp3) is 0.105. The molecular formula is C19H15Cl2N5S. The van der Waals surface area contributed by atoms with Crippen molar-refractivity contribution in [1.82, 2.24) is 19.5 Å². The number of nitrogens with two attached hydrogens (primary N) is 1. The molecule has 0 unspecified atom stereocenters. The fourth-order valence-corrected chi connectivity index (χ4v) is 4.45. The first-order valence-electron chi connectivity index (χ1n) is 8.25. The van der Waals surface area contributed by atoms with Crippen LogP contribution in [0.5, 0.6) is 0 Å². The predicted octanol–water partition coefficient (Wildman–Crippen LogP) is 5.11. The Morgan fingerprint density at radius 2 is 1.74 bits per heavy atom. The quantitative estimate of drug-likeness (QED) is 0.490. The number of nitrogens with zero attached hydrogens (tertiary/aromatic N) is 4. The molecule has 5 nitrogen and oxygen atoms in total. The molecule has 4 aromatic rings. The van der Waals surface area contributed by atoms with Gasteiger partial charge in [-0.05, 0) is 30.2 Å². The second kappa shape index (κ2) is 7.76. The van der Waals surface area contributed by atoms with Gasteiger partial charge in [0.25, 0.3) is 0 Å². The van der Waals surface area contributed by atoms with E-state index in [4.69, 9.17) is 28.9 Å². The molecule has 0 amide bonds. The number of imidazole rings is 1. The van der Waals surface area contributed by atoms with Gasteiger partial charge in [-0.3, -0.25) is 0 Å². The van der Waals surface area contributed by atoms with Crippen LogP contribution in [-0.4, -0.2) is 19.5 Å². The van der Waals surface area contributed by atoms with Crippen molar-refractivity contribution < 1.29 is 0 Å². The van der Waals surface area contributed by atoms with Gasteiger partial charge >= 0.3 is 0 Å². The zero-order valence-electron chi connectivity index (χ0n) is 14.1. The highest BCUT2D eigenvalue weighted by atomic mass is 35.5. The van der Waals surface area contributed by atoms with E-state index in [1.165, 1.54) is 23.7 Å². The second-order valence-corrected chi connectivity index (χ2v) is 7.83. The Morgan fingerprint density at radius 1 is 1.00 bits per heavy atom. The number of fused-ring (bicyclic) bond motifs is 1. The van der Waals surface area contributed by atoms with Crippen molar-refractivity contribution >= 4 is 51.9 Å². The molecule has 0 saturated heterocycles. The number of rotatable bonds is 5. The van der Waals surface area contributed by atoms with E-state index in [2.05, 4.69) is 31.7 Å². The van der Waals surface area contributed by atoms with Gasteiger partial charge in [0, 0.05) is 21.5 Å². The predicted molar refractivity (Wildman–Crippen MR) is 110 cm³/mol. The summed E-state index contributed by atoms with van der Waals surface area (Å²) in [6, 6.07) is 15.7. The van der Waals surface area contributed by atoms with Gasteiger partial charge in [0.15, 0.2) is 22.1 Å². The van der Waals surface area contributed by atoms with E-state index in [1.807, 2.05) is 30.3 Å². The third kappa shape index (κ3) is 4.03. The van der Waals surface area contributed by atoms with Gasteiger partial charge in [0.2, 0.25) is 0 Å². The molecule has 4 rings (SSSR count). The number of aromatic nitrogens is 4. The molecule has 8 heteroatoms. The molecule has 0 atom stereocenters.